The van der Waals surface area contributed by atoms with Gasteiger partial charge in [0.1, 0.15) is 0 Å². The van der Waals surface area contributed by atoms with Gasteiger partial charge in [-0.2, -0.15) is 0 Å². The van der Waals surface area contributed by atoms with Gasteiger partial charge in [-0.15, -0.1) is 0 Å². The van der Waals surface area contributed by atoms with Gasteiger partial charge in [0.15, 0.2) is 17.5 Å². The average Bonchev–Trinajstić information content (AvgIpc) is 3.66. The van der Waals surface area contributed by atoms with Crippen LogP contribution in [0.2, 0.25) is 0 Å². The molecule has 0 aliphatic heterocycles. The maximum atomic E-state index is 4.89. The van der Waals surface area contributed by atoms with Crippen LogP contribution in [0.4, 0.5) is 0 Å². The van der Waals surface area contributed by atoms with E-state index in [2.05, 4.69) is 66.7 Å². The molecule has 1 saturated carbocycles. The maximum Gasteiger partial charge on any atom is 0.164 e. The fraction of sp³-hybridized carbons (Fsp3) is 0.132. The van der Waals surface area contributed by atoms with E-state index in [1.165, 1.54) is 59.1 Å². The number of hydrogen-bond donors (Lipinski definition) is 0. The molecule has 0 bridgehead atoms. The van der Waals surface area contributed by atoms with Gasteiger partial charge in [0.05, 0.1) is 0 Å². The predicted molar refractivity (Wildman–Crippen MR) is 166 cm³/mol. The molecule has 1 heterocycles. The van der Waals surface area contributed by atoms with E-state index in [0.717, 1.165) is 16.7 Å². The largest absolute Gasteiger partial charge is 0.208 e. The van der Waals surface area contributed by atoms with Gasteiger partial charge in [-0.3, -0.25) is 0 Å². The van der Waals surface area contributed by atoms with E-state index >= 15 is 0 Å². The third kappa shape index (κ3) is 4.00. The van der Waals surface area contributed by atoms with Crippen molar-refractivity contribution in [2.75, 3.05) is 0 Å². The van der Waals surface area contributed by atoms with Gasteiger partial charge in [-0.1, -0.05) is 134 Å². The molecule has 0 N–H and O–H groups in total. The Kier molecular flexibility index (Phi) is 5.63. The number of nitrogens with zero attached hydrogens (tertiary/aromatic N) is 3. The van der Waals surface area contributed by atoms with Crippen LogP contribution in [0.1, 0.15) is 36.8 Å². The van der Waals surface area contributed by atoms with Crippen molar-refractivity contribution in [2.45, 2.75) is 31.1 Å². The number of benzene rings is 5. The van der Waals surface area contributed by atoms with Crippen LogP contribution < -0.4 is 0 Å². The topological polar surface area (TPSA) is 38.7 Å². The van der Waals surface area contributed by atoms with Crippen molar-refractivity contribution in [1.29, 1.82) is 0 Å². The van der Waals surface area contributed by atoms with Crippen LogP contribution in [0.5, 0.6) is 0 Å². The molecular weight excluding hydrogens is 498 g/mol. The maximum absolute atomic E-state index is 4.89. The summed E-state index contributed by atoms with van der Waals surface area (Å²) in [4.78, 5) is 14.6. The van der Waals surface area contributed by atoms with Gasteiger partial charge >= 0.3 is 0 Å². The average molecular weight is 528 g/mol. The highest BCUT2D eigenvalue weighted by Crippen LogP contribution is 2.57. The zero-order chi connectivity index (χ0) is 27.2. The summed E-state index contributed by atoms with van der Waals surface area (Å²) >= 11 is 0. The molecule has 0 radical (unpaired) electrons. The van der Waals surface area contributed by atoms with E-state index in [1.807, 2.05) is 60.7 Å². The Morgan fingerprint density at radius 3 is 1.46 bits per heavy atom. The first-order chi connectivity index (χ1) is 20.3. The molecule has 1 spiro atoms. The summed E-state index contributed by atoms with van der Waals surface area (Å²) in [7, 11) is 0. The predicted octanol–water partition coefficient (Wildman–Crippen LogP) is 9.38. The molecule has 5 aromatic carbocycles. The molecular formula is C38H29N3. The van der Waals surface area contributed by atoms with Crippen molar-refractivity contribution in [3.8, 4) is 56.4 Å². The Labute approximate surface area is 240 Å². The summed E-state index contributed by atoms with van der Waals surface area (Å²) in [6.45, 7) is 0. The quantitative estimate of drug-likeness (QED) is 0.229. The highest BCUT2D eigenvalue weighted by Gasteiger charge is 2.44. The smallest absolute Gasteiger partial charge is 0.164 e. The Morgan fingerprint density at radius 2 is 0.854 bits per heavy atom. The molecule has 0 unspecified atom stereocenters. The number of fused-ring (bicyclic) bond motifs is 5. The first-order valence-electron chi connectivity index (χ1n) is 14.5. The van der Waals surface area contributed by atoms with Crippen LogP contribution >= 0.6 is 0 Å². The van der Waals surface area contributed by atoms with Crippen molar-refractivity contribution in [3.05, 3.63) is 139 Å². The van der Waals surface area contributed by atoms with Gasteiger partial charge in [0.25, 0.3) is 0 Å². The Morgan fingerprint density at radius 1 is 0.390 bits per heavy atom. The summed E-state index contributed by atoms with van der Waals surface area (Å²) in [5.74, 6) is 2.03. The minimum atomic E-state index is 0.208. The van der Waals surface area contributed by atoms with Crippen LogP contribution in [0.3, 0.4) is 0 Å². The number of rotatable bonds is 4. The monoisotopic (exact) mass is 527 g/mol. The lowest BCUT2D eigenvalue weighted by molar-refractivity contribution is 0.550. The standard InChI is InChI=1S/C38H29N3/c1-3-11-27(12-4-1)35-39-36(28-13-5-2-6-14-28)41-37(40-35)29-19-17-26(18-20-29)30-21-22-34-32(25-30)31-15-7-8-16-33(31)38(34)23-9-10-24-38/h1-8,11-22,25H,9-10,23-24H2. The zero-order valence-corrected chi connectivity index (χ0v) is 22.8. The normalized spacial score (nSPS) is 14.6. The summed E-state index contributed by atoms with van der Waals surface area (Å²) in [6, 6.07) is 45.0. The summed E-state index contributed by atoms with van der Waals surface area (Å²) in [5.41, 5.74) is 11.4. The number of aromatic nitrogens is 3. The molecule has 6 aromatic rings. The molecule has 8 rings (SSSR count). The molecule has 1 fully saturated rings. The van der Waals surface area contributed by atoms with E-state index in [9.17, 15) is 0 Å². The Balaban J connectivity index is 1.18. The molecule has 0 amide bonds. The molecule has 3 heteroatoms. The summed E-state index contributed by atoms with van der Waals surface area (Å²) < 4.78 is 0. The summed E-state index contributed by atoms with van der Waals surface area (Å²) in [6.07, 6.45) is 5.14. The molecule has 3 nitrogen and oxygen atoms in total. The van der Waals surface area contributed by atoms with Crippen LogP contribution in [0.25, 0.3) is 56.4 Å². The second-order valence-electron chi connectivity index (χ2n) is 11.2. The lowest BCUT2D eigenvalue weighted by Crippen LogP contribution is -2.20. The van der Waals surface area contributed by atoms with E-state index in [1.54, 1.807) is 0 Å². The van der Waals surface area contributed by atoms with Crippen LogP contribution in [-0.4, -0.2) is 15.0 Å². The molecule has 2 aliphatic carbocycles. The van der Waals surface area contributed by atoms with Crippen molar-refractivity contribution < 1.29 is 0 Å². The molecule has 41 heavy (non-hydrogen) atoms. The fourth-order valence-corrected chi connectivity index (χ4v) is 6.91. The molecule has 0 saturated heterocycles. The van der Waals surface area contributed by atoms with Gasteiger partial charge in [-0.25, -0.2) is 15.0 Å². The molecule has 0 atom stereocenters. The van der Waals surface area contributed by atoms with Crippen molar-refractivity contribution in [2.24, 2.45) is 0 Å². The van der Waals surface area contributed by atoms with E-state index in [-0.39, 0.29) is 5.41 Å². The fourth-order valence-electron chi connectivity index (χ4n) is 6.91. The van der Waals surface area contributed by atoms with E-state index in [4.69, 9.17) is 15.0 Å². The summed E-state index contributed by atoms with van der Waals surface area (Å²) in [5, 5.41) is 0. The van der Waals surface area contributed by atoms with E-state index in [0.29, 0.717) is 17.5 Å². The van der Waals surface area contributed by atoms with Gasteiger partial charge in [-0.05, 0) is 52.3 Å². The molecule has 196 valence electrons. The second-order valence-corrected chi connectivity index (χ2v) is 11.2. The third-order valence-electron chi connectivity index (χ3n) is 8.90. The van der Waals surface area contributed by atoms with Crippen molar-refractivity contribution in [1.82, 2.24) is 15.0 Å². The van der Waals surface area contributed by atoms with Crippen LogP contribution in [0.15, 0.2) is 127 Å². The van der Waals surface area contributed by atoms with Gasteiger partial charge in [0.2, 0.25) is 0 Å². The molecule has 1 aromatic heterocycles. The van der Waals surface area contributed by atoms with Gasteiger partial charge in [0, 0.05) is 22.1 Å². The van der Waals surface area contributed by atoms with E-state index < -0.39 is 0 Å². The van der Waals surface area contributed by atoms with Crippen LogP contribution in [0, 0.1) is 0 Å². The number of hydrogen-bond acceptors (Lipinski definition) is 3. The second kappa shape index (κ2) is 9.64. The van der Waals surface area contributed by atoms with Crippen molar-refractivity contribution >= 4 is 0 Å². The lowest BCUT2D eigenvalue weighted by Gasteiger charge is -2.26. The molecule has 2 aliphatic rings. The first kappa shape index (κ1) is 24.0. The highest BCUT2D eigenvalue weighted by molar-refractivity contribution is 5.85. The van der Waals surface area contributed by atoms with Crippen molar-refractivity contribution in [3.63, 3.8) is 0 Å². The minimum Gasteiger partial charge on any atom is -0.208 e. The Hall–Kier alpha value is -4.89. The lowest BCUT2D eigenvalue weighted by atomic mass is 9.76. The first-order valence-corrected chi connectivity index (χ1v) is 14.5. The highest BCUT2D eigenvalue weighted by atomic mass is 15.0. The Bertz CT molecular complexity index is 1810. The van der Waals surface area contributed by atoms with Crippen LogP contribution in [-0.2, 0) is 5.41 Å². The minimum absolute atomic E-state index is 0.208. The van der Waals surface area contributed by atoms with Gasteiger partial charge < -0.3 is 0 Å². The third-order valence-corrected chi connectivity index (χ3v) is 8.90. The zero-order valence-electron chi connectivity index (χ0n) is 22.8. The SMILES string of the molecule is c1ccc(-c2nc(-c3ccccc3)nc(-c3ccc(-c4ccc5c(c4)-c4ccccc4C54CCCC4)cc3)n2)cc1.